The number of hydrogen-bond acceptors (Lipinski definition) is 2. The van der Waals surface area contributed by atoms with E-state index in [0.29, 0.717) is 5.69 Å². The van der Waals surface area contributed by atoms with E-state index in [1.54, 1.807) is 4.68 Å². The highest BCUT2D eigenvalue weighted by atomic mass is 16.2. The summed E-state index contributed by atoms with van der Waals surface area (Å²) < 4.78 is 1.68. The van der Waals surface area contributed by atoms with Crippen molar-refractivity contribution in [2.45, 2.75) is 26.7 Å². The first-order valence-corrected chi connectivity index (χ1v) is 7.56. The molecule has 2 rings (SSSR count). The molecule has 1 aromatic carbocycles. The predicted molar refractivity (Wildman–Crippen MR) is 85.1 cm³/mol. The highest BCUT2D eigenvalue weighted by Gasteiger charge is 2.19. The quantitative estimate of drug-likeness (QED) is 0.816. The molecule has 0 atom stereocenters. The minimum atomic E-state index is 0.0656. The average Bonchev–Trinajstić information content (AvgIpc) is 2.89. The van der Waals surface area contributed by atoms with Crippen LogP contribution >= 0.6 is 0 Å². The van der Waals surface area contributed by atoms with E-state index in [1.165, 1.54) is 0 Å². The van der Waals surface area contributed by atoms with Gasteiger partial charge in [-0.3, -0.25) is 9.48 Å². The van der Waals surface area contributed by atoms with Gasteiger partial charge < -0.3 is 4.90 Å². The van der Waals surface area contributed by atoms with Gasteiger partial charge in [0.25, 0.3) is 5.91 Å². The molecular weight excluding hydrogens is 262 g/mol. The van der Waals surface area contributed by atoms with Gasteiger partial charge in [0.2, 0.25) is 0 Å². The fourth-order valence-electron chi connectivity index (χ4n) is 2.43. The molecule has 4 heteroatoms. The van der Waals surface area contributed by atoms with Crippen LogP contribution in [0.5, 0.6) is 0 Å². The number of carbonyl (C=O) groups excluding carboxylic acids is 1. The Morgan fingerprint density at radius 1 is 1.14 bits per heavy atom. The Hall–Kier alpha value is -2.10. The second-order valence-corrected chi connectivity index (χ2v) is 5.20. The molecule has 0 spiro atoms. The highest BCUT2D eigenvalue weighted by molar-refractivity contribution is 5.93. The third-order valence-corrected chi connectivity index (χ3v) is 3.44. The van der Waals surface area contributed by atoms with Gasteiger partial charge in [-0.05, 0) is 18.9 Å². The Morgan fingerprint density at radius 2 is 1.76 bits per heavy atom. The maximum Gasteiger partial charge on any atom is 0.272 e. The Morgan fingerprint density at radius 3 is 2.33 bits per heavy atom. The lowest BCUT2D eigenvalue weighted by atomic mass is 10.1. The molecule has 1 amide bonds. The fourth-order valence-corrected chi connectivity index (χ4v) is 2.43. The van der Waals surface area contributed by atoms with Gasteiger partial charge in [0, 0.05) is 25.7 Å². The van der Waals surface area contributed by atoms with Crippen LogP contribution in [0.15, 0.2) is 36.4 Å². The molecule has 0 radical (unpaired) electrons. The molecule has 112 valence electrons. The molecule has 0 aliphatic carbocycles. The molecule has 0 saturated heterocycles. The van der Waals surface area contributed by atoms with Crippen molar-refractivity contribution in [2.75, 3.05) is 13.1 Å². The van der Waals surface area contributed by atoms with Crippen LogP contribution in [-0.4, -0.2) is 33.7 Å². The summed E-state index contributed by atoms with van der Waals surface area (Å²) in [5.41, 5.74) is 2.52. The Kier molecular flexibility index (Phi) is 5.14. The number of hydrogen-bond donors (Lipinski definition) is 0. The van der Waals surface area contributed by atoms with Crippen molar-refractivity contribution in [3.63, 3.8) is 0 Å². The van der Waals surface area contributed by atoms with E-state index >= 15 is 0 Å². The Balaban J connectivity index is 2.28. The zero-order valence-corrected chi connectivity index (χ0v) is 13.0. The van der Waals surface area contributed by atoms with Crippen molar-refractivity contribution < 1.29 is 4.79 Å². The van der Waals surface area contributed by atoms with E-state index in [2.05, 4.69) is 18.9 Å². The van der Waals surface area contributed by atoms with Gasteiger partial charge in [-0.2, -0.15) is 5.10 Å². The van der Waals surface area contributed by atoms with Gasteiger partial charge >= 0.3 is 0 Å². The molecule has 2 aromatic rings. The minimum Gasteiger partial charge on any atom is -0.337 e. The number of amides is 1. The maximum atomic E-state index is 12.7. The molecule has 21 heavy (non-hydrogen) atoms. The maximum absolute atomic E-state index is 12.7. The van der Waals surface area contributed by atoms with Crippen LogP contribution in [0, 0.1) is 0 Å². The first kappa shape index (κ1) is 15.3. The predicted octanol–water partition coefficient (Wildman–Crippen LogP) is 3.35. The summed E-state index contributed by atoms with van der Waals surface area (Å²) >= 11 is 0. The van der Waals surface area contributed by atoms with E-state index in [1.807, 2.05) is 48.3 Å². The first-order valence-electron chi connectivity index (χ1n) is 7.56. The van der Waals surface area contributed by atoms with Crippen LogP contribution in [0.3, 0.4) is 0 Å². The van der Waals surface area contributed by atoms with Crippen molar-refractivity contribution in [1.29, 1.82) is 0 Å². The molecule has 0 aliphatic rings. The molecule has 0 aliphatic heterocycles. The third kappa shape index (κ3) is 3.51. The van der Waals surface area contributed by atoms with Gasteiger partial charge in [-0.25, -0.2) is 0 Å². The van der Waals surface area contributed by atoms with E-state index in [0.717, 1.165) is 37.2 Å². The number of rotatable bonds is 6. The van der Waals surface area contributed by atoms with Crippen LogP contribution in [0.25, 0.3) is 11.3 Å². The van der Waals surface area contributed by atoms with Crippen molar-refractivity contribution in [1.82, 2.24) is 14.7 Å². The zero-order chi connectivity index (χ0) is 15.2. The van der Waals surface area contributed by atoms with Gasteiger partial charge in [0.05, 0.1) is 5.69 Å². The fraction of sp³-hybridized carbons (Fsp3) is 0.412. The second-order valence-electron chi connectivity index (χ2n) is 5.20. The molecule has 4 nitrogen and oxygen atoms in total. The van der Waals surface area contributed by atoms with Crippen molar-refractivity contribution in [3.8, 4) is 11.3 Å². The topological polar surface area (TPSA) is 38.1 Å². The van der Waals surface area contributed by atoms with Crippen LogP contribution in [0.1, 0.15) is 37.2 Å². The van der Waals surface area contributed by atoms with Gasteiger partial charge in [0.15, 0.2) is 0 Å². The van der Waals surface area contributed by atoms with Gasteiger partial charge in [-0.15, -0.1) is 0 Å². The van der Waals surface area contributed by atoms with Crippen molar-refractivity contribution >= 4 is 5.91 Å². The van der Waals surface area contributed by atoms with E-state index < -0.39 is 0 Å². The molecule has 1 heterocycles. The molecule has 0 unspecified atom stereocenters. The molecule has 0 fully saturated rings. The summed E-state index contributed by atoms with van der Waals surface area (Å²) in [6.45, 7) is 5.76. The number of nitrogens with zero attached hydrogens (tertiary/aromatic N) is 3. The van der Waals surface area contributed by atoms with Crippen LogP contribution in [0.2, 0.25) is 0 Å². The van der Waals surface area contributed by atoms with E-state index in [4.69, 9.17) is 0 Å². The standard InChI is InChI=1S/C17H23N3O/c1-4-11-20(12-5-2)17(21)16-13-15(18-19(16)3)14-9-7-6-8-10-14/h6-10,13H,4-5,11-12H2,1-3H3. The lowest BCUT2D eigenvalue weighted by molar-refractivity contribution is 0.0744. The number of aromatic nitrogens is 2. The third-order valence-electron chi connectivity index (χ3n) is 3.44. The van der Waals surface area contributed by atoms with E-state index in [9.17, 15) is 4.79 Å². The minimum absolute atomic E-state index is 0.0656. The normalized spacial score (nSPS) is 10.6. The van der Waals surface area contributed by atoms with E-state index in [-0.39, 0.29) is 5.91 Å². The summed E-state index contributed by atoms with van der Waals surface area (Å²) in [5.74, 6) is 0.0656. The number of aryl methyl sites for hydroxylation is 1. The molecule has 0 N–H and O–H groups in total. The van der Waals surface area contributed by atoms with Gasteiger partial charge in [0.1, 0.15) is 5.69 Å². The smallest absolute Gasteiger partial charge is 0.272 e. The van der Waals surface area contributed by atoms with Crippen LogP contribution in [0.4, 0.5) is 0 Å². The SMILES string of the molecule is CCCN(CCC)C(=O)c1cc(-c2ccccc2)nn1C. The number of benzene rings is 1. The van der Waals surface area contributed by atoms with Crippen molar-refractivity contribution in [3.05, 3.63) is 42.1 Å². The monoisotopic (exact) mass is 285 g/mol. The summed E-state index contributed by atoms with van der Waals surface area (Å²) in [6.07, 6.45) is 1.93. The van der Waals surface area contributed by atoms with Crippen molar-refractivity contribution in [2.24, 2.45) is 7.05 Å². The molecule has 0 saturated carbocycles. The Bertz CT molecular complexity index is 583. The largest absolute Gasteiger partial charge is 0.337 e. The first-order chi connectivity index (χ1) is 10.2. The average molecular weight is 285 g/mol. The summed E-state index contributed by atoms with van der Waals surface area (Å²) in [5, 5.41) is 4.47. The van der Waals surface area contributed by atoms with Crippen LogP contribution < -0.4 is 0 Å². The molecule has 1 aromatic heterocycles. The Labute approximate surface area is 126 Å². The summed E-state index contributed by atoms with van der Waals surface area (Å²) in [7, 11) is 1.83. The molecule has 0 bridgehead atoms. The lowest BCUT2D eigenvalue weighted by Gasteiger charge is -2.21. The van der Waals surface area contributed by atoms with Gasteiger partial charge in [-0.1, -0.05) is 44.2 Å². The number of carbonyl (C=O) groups is 1. The second kappa shape index (κ2) is 7.07. The summed E-state index contributed by atoms with van der Waals surface area (Å²) in [4.78, 5) is 14.6. The summed E-state index contributed by atoms with van der Waals surface area (Å²) in [6, 6.07) is 11.8. The molecular formula is C17H23N3O. The zero-order valence-electron chi connectivity index (χ0n) is 13.0. The van der Waals surface area contributed by atoms with Crippen LogP contribution in [-0.2, 0) is 7.05 Å². The highest BCUT2D eigenvalue weighted by Crippen LogP contribution is 2.19. The lowest BCUT2D eigenvalue weighted by Crippen LogP contribution is -2.33.